The molecule has 0 aliphatic rings. The third-order valence-electron chi connectivity index (χ3n) is 6.02. The molecule has 1 N–H and O–H groups in total. The van der Waals surface area contributed by atoms with Crippen molar-refractivity contribution in [1.82, 2.24) is 10.2 Å². The molecule has 3 aromatic rings. The number of aryl methyl sites for hydroxylation is 1. The average Bonchev–Trinajstić information content (AvgIpc) is 2.89. The van der Waals surface area contributed by atoms with Crippen molar-refractivity contribution >= 4 is 50.7 Å². The molecule has 3 aromatic carbocycles. The fraction of sp³-hybridized carbons (Fsp3) is 0.286. The molecule has 0 bridgehead atoms. The smallest absolute Gasteiger partial charge is 0.264 e. The number of nitrogens with zero attached hydrogens (tertiary/aromatic N) is 2. The van der Waals surface area contributed by atoms with Crippen molar-refractivity contribution < 1.29 is 18.0 Å². The van der Waals surface area contributed by atoms with E-state index in [1.807, 2.05) is 6.92 Å². The Balaban J connectivity index is 2.03. The van der Waals surface area contributed by atoms with Crippen molar-refractivity contribution in [2.24, 2.45) is 0 Å². The summed E-state index contributed by atoms with van der Waals surface area (Å²) >= 11 is 12.1. The zero-order chi connectivity index (χ0) is 27.9. The van der Waals surface area contributed by atoms with E-state index >= 15 is 0 Å². The lowest BCUT2D eigenvalue weighted by Gasteiger charge is -2.32. The maximum Gasteiger partial charge on any atom is 0.264 e. The molecule has 2 amide bonds. The molecule has 10 heteroatoms. The van der Waals surface area contributed by atoms with Crippen LogP contribution in [0.25, 0.3) is 0 Å². The number of para-hydroxylation sites is 1. The zero-order valence-electron chi connectivity index (χ0n) is 21.5. The van der Waals surface area contributed by atoms with Gasteiger partial charge in [0.1, 0.15) is 12.6 Å². The summed E-state index contributed by atoms with van der Waals surface area (Å²) in [4.78, 5) is 28.1. The van der Waals surface area contributed by atoms with Gasteiger partial charge in [-0.3, -0.25) is 13.9 Å². The maximum absolute atomic E-state index is 13.9. The first-order chi connectivity index (χ1) is 18.0. The molecule has 0 spiro atoms. The summed E-state index contributed by atoms with van der Waals surface area (Å²) in [5.74, 6) is -0.866. The van der Waals surface area contributed by atoms with Gasteiger partial charge in [0.05, 0.1) is 10.6 Å². The topological polar surface area (TPSA) is 86.8 Å². The summed E-state index contributed by atoms with van der Waals surface area (Å²) in [6.07, 6.45) is 0.737. The van der Waals surface area contributed by atoms with Crippen LogP contribution in [0.1, 0.15) is 31.4 Å². The molecule has 38 heavy (non-hydrogen) atoms. The monoisotopic (exact) mass is 575 g/mol. The summed E-state index contributed by atoms with van der Waals surface area (Å²) in [6.45, 7) is 5.35. The molecule has 1 atom stereocenters. The molecule has 0 aromatic heterocycles. The van der Waals surface area contributed by atoms with E-state index in [0.717, 1.165) is 10.7 Å². The highest BCUT2D eigenvalue weighted by atomic mass is 35.5. The molecule has 0 fully saturated rings. The largest absolute Gasteiger partial charge is 0.354 e. The molecule has 3 rings (SSSR count). The fourth-order valence-electron chi connectivity index (χ4n) is 3.90. The Labute approximate surface area is 234 Å². The molecule has 0 saturated carbocycles. The first-order valence-electron chi connectivity index (χ1n) is 12.2. The van der Waals surface area contributed by atoms with Crippen molar-refractivity contribution in [3.8, 4) is 0 Å². The molecule has 0 unspecified atom stereocenters. The van der Waals surface area contributed by atoms with Gasteiger partial charge in [0.15, 0.2) is 0 Å². The number of anilines is 1. The Morgan fingerprint density at radius 1 is 0.947 bits per heavy atom. The van der Waals surface area contributed by atoms with Crippen molar-refractivity contribution in [1.29, 1.82) is 0 Å². The van der Waals surface area contributed by atoms with Gasteiger partial charge in [0.25, 0.3) is 10.0 Å². The highest BCUT2D eigenvalue weighted by molar-refractivity contribution is 7.92. The lowest BCUT2D eigenvalue weighted by molar-refractivity contribution is -0.139. The SMILES string of the molecule is CCCNC(=O)[C@H](C)N(Cc1cccc(Cl)c1)C(=O)CN(c1ccccc1C)S(=O)(=O)c1ccc(Cl)cc1. The molecular weight excluding hydrogens is 545 g/mol. The minimum Gasteiger partial charge on any atom is -0.354 e. The molecule has 0 aliphatic carbocycles. The van der Waals surface area contributed by atoms with Crippen molar-refractivity contribution in [2.75, 3.05) is 17.4 Å². The summed E-state index contributed by atoms with van der Waals surface area (Å²) in [5, 5.41) is 3.70. The van der Waals surface area contributed by atoms with Crippen molar-refractivity contribution in [3.05, 3.63) is 94.0 Å². The third kappa shape index (κ3) is 7.28. The van der Waals surface area contributed by atoms with E-state index in [-0.39, 0.29) is 17.3 Å². The molecule has 7 nitrogen and oxygen atoms in total. The average molecular weight is 577 g/mol. The Morgan fingerprint density at radius 2 is 1.63 bits per heavy atom. The van der Waals surface area contributed by atoms with Crippen LogP contribution in [0.2, 0.25) is 10.0 Å². The summed E-state index contributed by atoms with van der Waals surface area (Å²) in [7, 11) is -4.16. The van der Waals surface area contributed by atoms with Gasteiger partial charge >= 0.3 is 0 Å². The quantitative estimate of drug-likeness (QED) is 0.330. The van der Waals surface area contributed by atoms with Crippen molar-refractivity contribution in [3.63, 3.8) is 0 Å². The number of hydrogen-bond acceptors (Lipinski definition) is 4. The van der Waals surface area contributed by atoms with Gasteiger partial charge in [-0.15, -0.1) is 0 Å². The van der Waals surface area contributed by atoms with Crippen LogP contribution in [0.4, 0.5) is 5.69 Å². The van der Waals surface area contributed by atoms with E-state index in [0.29, 0.717) is 33.4 Å². The second-order valence-electron chi connectivity index (χ2n) is 8.87. The van der Waals surface area contributed by atoms with Crippen LogP contribution in [0.5, 0.6) is 0 Å². The van der Waals surface area contributed by atoms with Crippen LogP contribution in [0.15, 0.2) is 77.7 Å². The number of nitrogens with one attached hydrogen (secondary N) is 1. The summed E-state index contributed by atoms with van der Waals surface area (Å²) in [6, 6.07) is 18.8. The normalized spacial score (nSPS) is 12.0. The van der Waals surface area contributed by atoms with Gasteiger partial charge in [-0.25, -0.2) is 8.42 Å². The number of hydrogen-bond donors (Lipinski definition) is 1. The number of halogens is 2. The van der Waals surface area contributed by atoms with Gasteiger partial charge in [0, 0.05) is 23.1 Å². The lowest BCUT2D eigenvalue weighted by Crippen LogP contribution is -2.51. The summed E-state index contributed by atoms with van der Waals surface area (Å²) in [5.41, 5.74) is 1.75. The summed E-state index contributed by atoms with van der Waals surface area (Å²) < 4.78 is 28.7. The van der Waals surface area contributed by atoms with E-state index in [9.17, 15) is 18.0 Å². The van der Waals surface area contributed by atoms with E-state index in [1.165, 1.54) is 29.2 Å². The van der Waals surface area contributed by atoms with Gasteiger partial charge in [-0.2, -0.15) is 0 Å². The number of amides is 2. The molecule has 0 heterocycles. The van der Waals surface area contributed by atoms with Crippen LogP contribution in [-0.2, 0) is 26.2 Å². The first-order valence-corrected chi connectivity index (χ1v) is 14.4. The van der Waals surface area contributed by atoms with E-state index in [1.54, 1.807) is 62.4 Å². The van der Waals surface area contributed by atoms with Crippen LogP contribution >= 0.6 is 23.2 Å². The van der Waals surface area contributed by atoms with Gasteiger partial charge in [-0.1, -0.05) is 60.5 Å². The first kappa shape index (κ1) is 29.5. The highest BCUT2D eigenvalue weighted by Gasteiger charge is 2.33. The van der Waals surface area contributed by atoms with Crippen LogP contribution in [-0.4, -0.2) is 44.3 Å². The zero-order valence-corrected chi connectivity index (χ0v) is 23.9. The van der Waals surface area contributed by atoms with Gasteiger partial charge in [-0.05, 0) is 73.9 Å². The Hall–Kier alpha value is -3.07. The minimum absolute atomic E-state index is 0.00641. The molecule has 0 saturated heterocycles. The Morgan fingerprint density at radius 3 is 2.26 bits per heavy atom. The molecular formula is C28H31Cl2N3O4S. The van der Waals surface area contributed by atoms with Crippen molar-refractivity contribution in [2.45, 2.75) is 44.7 Å². The molecule has 0 aliphatic heterocycles. The predicted octanol–water partition coefficient (Wildman–Crippen LogP) is 5.44. The van der Waals surface area contributed by atoms with E-state index in [2.05, 4.69) is 5.32 Å². The number of rotatable bonds is 11. The van der Waals surface area contributed by atoms with Crippen LogP contribution in [0, 0.1) is 6.92 Å². The van der Waals surface area contributed by atoms with Gasteiger partial charge < -0.3 is 10.2 Å². The number of carbonyl (C=O) groups is 2. The molecule has 0 radical (unpaired) electrons. The third-order valence-corrected chi connectivity index (χ3v) is 8.28. The number of benzene rings is 3. The Kier molecular flexibility index (Phi) is 10.2. The second kappa shape index (κ2) is 13.1. The molecule has 202 valence electrons. The van der Waals surface area contributed by atoms with E-state index in [4.69, 9.17) is 23.2 Å². The van der Waals surface area contributed by atoms with E-state index < -0.39 is 28.5 Å². The Bertz CT molecular complexity index is 1380. The maximum atomic E-state index is 13.9. The number of sulfonamides is 1. The van der Waals surface area contributed by atoms with Crippen LogP contribution in [0.3, 0.4) is 0 Å². The predicted molar refractivity (Wildman–Crippen MR) is 152 cm³/mol. The minimum atomic E-state index is -4.16. The number of carbonyl (C=O) groups excluding carboxylic acids is 2. The second-order valence-corrected chi connectivity index (χ2v) is 11.6. The van der Waals surface area contributed by atoms with Crippen LogP contribution < -0.4 is 9.62 Å². The van der Waals surface area contributed by atoms with Gasteiger partial charge in [0.2, 0.25) is 11.8 Å². The highest BCUT2D eigenvalue weighted by Crippen LogP contribution is 2.28. The fourth-order valence-corrected chi connectivity index (χ4v) is 5.72. The standard InChI is InChI=1S/C28H31Cl2N3O4S/c1-4-16-31-28(35)21(3)32(18-22-9-7-10-24(30)17-22)27(34)19-33(26-11-6-5-8-20(26)2)38(36,37)25-14-12-23(29)13-15-25/h5-15,17,21H,4,16,18-19H2,1-3H3,(H,31,35)/t21-/m0/s1. The lowest BCUT2D eigenvalue weighted by atomic mass is 10.1.